The summed E-state index contributed by atoms with van der Waals surface area (Å²) in [5.41, 5.74) is 5.36. The number of thioether (sulfide) groups is 1. The van der Waals surface area contributed by atoms with Crippen molar-refractivity contribution in [3.05, 3.63) is 18.5 Å². The van der Waals surface area contributed by atoms with Gasteiger partial charge in [0.15, 0.2) is 0 Å². The summed E-state index contributed by atoms with van der Waals surface area (Å²) in [4.78, 5) is 10.4. The Morgan fingerprint density at radius 3 is 3.00 bits per heavy atom. The van der Waals surface area contributed by atoms with Crippen molar-refractivity contribution < 1.29 is 9.90 Å². The monoisotopic (exact) mass is 229 g/mol. The summed E-state index contributed by atoms with van der Waals surface area (Å²) in [5, 5.41) is 12.6. The molecule has 0 fully saturated rings. The van der Waals surface area contributed by atoms with Crippen LogP contribution in [0, 0.1) is 0 Å². The van der Waals surface area contributed by atoms with E-state index in [9.17, 15) is 4.79 Å². The summed E-state index contributed by atoms with van der Waals surface area (Å²) < 4.78 is 1.85. The number of hydrogen-bond acceptors (Lipinski definition) is 4. The van der Waals surface area contributed by atoms with E-state index in [1.165, 1.54) is 0 Å². The van der Waals surface area contributed by atoms with Crippen LogP contribution in [-0.4, -0.2) is 38.4 Å². The molecule has 0 bridgehead atoms. The van der Waals surface area contributed by atoms with Crippen molar-refractivity contribution >= 4 is 17.7 Å². The molecule has 84 valence electrons. The van der Waals surface area contributed by atoms with Gasteiger partial charge in [0.25, 0.3) is 0 Å². The number of aromatic nitrogens is 2. The van der Waals surface area contributed by atoms with Gasteiger partial charge in [-0.15, -0.1) is 0 Å². The van der Waals surface area contributed by atoms with Gasteiger partial charge in [0, 0.05) is 24.7 Å². The molecule has 1 rings (SSSR count). The fourth-order valence-corrected chi connectivity index (χ4v) is 1.97. The van der Waals surface area contributed by atoms with Gasteiger partial charge in [0.2, 0.25) is 0 Å². The standard InChI is InChI=1S/C9H15N3O2S/c10-8(9(13)14)2-6-15-7-5-12-4-1-3-11-12/h1,3-4,8H,2,5-7,10H2,(H,13,14). The zero-order chi connectivity index (χ0) is 11.1. The van der Waals surface area contributed by atoms with Gasteiger partial charge >= 0.3 is 5.97 Å². The lowest BCUT2D eigenvalue weighted by Crippen LogP contribution is -2.30. The van der Waals surface area contributed by atoms with Crippen LogP contribution in [0.15, 0.2) is 18.5 Å². The molecule has 0 spiro atoms. The van der Waals surface area contributed by atoms with Crippen molar-refractivity contribution in [1.82, 2.24) is 9.78 Å². The van der Waals surface area contributed by atoms with Gasteiger partial charge in [-0.3, -0.25) is 9.48 Å². The minimum absolute atomic E-state index is 0.513. The first-order chi connectivity index (χ1) is 7.20. The quantitative estimate of drug-likeness (QED) is 0.662. The summed E-state index contributed by atoms with van der Waals surface area (Å²) in [7, 11) is 0. The van der Waals surface area contributed by atoms with Crippen LogP contribution in [0.5, 0.6) is 0 Å². The molecule has 0 aromatic carbocycles. The molecule has 0 saturated heterocycles. The van der Waals surface area contributed by atoms with Crippen LogP contribution < -0.4 is 5.73 Å². The third-order valence-electron chi connectivity index (χ3n) is 1.91. The molecule has 5 nitrogen and oxygen atoms in total. The Morgan fingerprint density at radius 1 is 1.60 bits per heavy atom. The maximum Gasteiger partial charge on any atom is 0.320 e. The highest BCUT2D eigenvalue weighted by Crippen LogP contribution is 2.05. The third kappa shape index (κ3) is 4.85. The smallest absolute Gasteiger partial charge is 0.320 e. The number of hydrogen-bond donors (Lipinski definition) is 2. The van der Waals surface area contributed by atoms with Gasteiger partial charge in [0.05, 0.1) is 0 Å². The Bertz CT molecular complexity index is 290. The molecule has 0 aliphatic heterocycles. The molecule has 15 heavy (non-hydrogen) atoms. The second-order valence-electron chi connectivity index (χ2n) is 3.11. The molecule has 0 radical (unpaired) electrons. The van der Waals surface area contributed by atoms with Gasteiger partial charge in [-0.25, -0.2) is 0 Å². The van der Waals surface area contributed by atoms with Crippen LogP contribution in [0.25, 0.3) is 0 Å². The van der Waals surface area contributed by atoms with Crippen molar-refractivity contribution in [3.63, 3.8) is 0 Å². The molecule has 0 saturated carbocycles. The Morgan fingerprint density at radius 2 is 2.40 bits per heavy atom. The van der Waals surface area contributed by atoms with Crippen molar-refractivity contribution in [2.75, 3.05) is 11.5 Å². The first-order valence-corrected chi connectivity index (χ1v) is 5.89. The number of nitrogens with two attached hydrogens (primary N) is 1. The zero-order valence-electron chi connectivity index (χ0n) is 8.37. The second kappa shape index (κ2) is 6.47. The molecule has 3 N–H and O–H groups in total. The number of nitrogens with zero attached hydrogens (tertiary/aromatic N) is 2. The van der Waals surface area contributed by atoms with E-state index in [0.717, 1.165) is 18.1 Å². The highest BCUT2D eigenvalue weighted by molar-refractivity contribution is 7.99. The Hall–Kier alpha value is -1.01. The lowest BCUT2D eigenvalue weighted by atomic mass is 10.2. The maximum atomic E-state index is 10.4. The number of carbonyl (C=O) groups is 1. The largest absolute Gasteiger partial charge is 0.480 e. The van der Waals surface area contributed by atoms with E-state index in [4.69, 9.17) is 10.8 Å². The molecule has 1 unspecified atom stereocenters. The van der Waals surface area contributed by atoms with Crippen molar-refractivity contribution in [2.24, 2.45) is 5.73 Å². The molecule has 0 aliphatic carbocycles. The number of aryl methyl sites for hydroxylation is 1. The van der Waals surface area contributed by atoms with Crippen LogP contribution in [0.3, 0.4) is 0 Å². The molecular formula is C9H15N3O2S. The normalized spacial score (nSPS) is 12.6. The lowest BCUT2D eigenvalue weighted by molar-refractivity contribution is -0.138. The molecule has 1 aromatic rings. The summed E-state index contributed by atoms with van der Waals surface area (Å²) in [6.07, 6.45) is 4.16. The van der Waals surface area contributed by atoms with Crippen LogP contribution >= 0.6 is 11.8 Å². The van der Waals surface area contributed by atoms with Gasteiger partial charge in [-0.05, 0) is 18.2 Å². The van der Waals surface area contributed by atoms with Gasteiger partial charge in [-0.1, -0.05) is 0 Å². The lowest BCUT2D eigenvalue weighted by Gasteiger charge is -2.05. The SMILES string of the molecule is NC(CCSCCn1cccn1)C(=O)O. The summed E-state index contributed by atoms with van der Waals surface area (Å²) >= 11 is 1.69. The van der Waals surface area contributed by atoms with E-state index < -0.39 is 12.0 Å². The Kier molecular flexibility index (Phi) is 5.20. The van der Waals surface area contributed by atoms with Crippen molar-refractivity contribution in [1.29, 1.82) is 0 Å². The molecular weight excluding hydrogens is 214 g/mol. The highest BCUT2D eigenvalue weighted by Gasteiger charge is 2.09. The second-order valence-corrected chi connectivity index (χ2v) is 4.34. The first kappa shape index (κ1) is 12.1. The zero-order valence-corrected chi connectivity index (χ0v) is 9.19. The average molecular weight is 229 g/mol. The summed E-state index contributed by atoms with van der Waals surface area (Å²) in [6, 6.07) is 1.15. The third-order valence-corrected chi connectivity index (χ3v) is 2.91. The van der Waals surface area contributed by atoms with Crippen molar-refractivity contribution in [3.8, 4) is 0 Å². The van der Waals surface area contributed by atoms with Gasteiger partial charge < -0.3 is 10.8 Å². The number of rotatable bonds is 7. The molecule has 1 heterocycles. The van der Waals surface area contributed by atoms with E-state index in [0.29, 0.717) is 6.42 Å². The van der Waals surface area contributed by atoms with Crippen LogP contribution in [-0.2, 0) is 11.3 Å². The van der Waals surface area contributed by atoms with E-state index in [-0.39, 0.29) is 0 Å². The van der Waals surface area contributed by atoms with E-state index in [1.54, 1.807) is 18.0 Å². The summed E-state index contributed by atoms with van der Waals surface area (Å²) in [6.45, 7) is 0.847. The molecule has 1 atom stereocenters. The average Bonchev–Trinajstić information content (AvgIpc) is 2.69. The van der Waals surface area contributed by atoms with E-state index in [2.05, 4.69) is 5.10 Å². The molecule has 0 aliphatic rings. The predicted octanol–water partition coefficient (Wildman–Crippen LogP) is 0.418. The first-order valence-electron chi connectivity index (χ1n) is 4.73. The number of carboxylic acid groups (broad SMARTS) is 1. The predicted molar refractivity (Wildman–Crippen MR) is 59.8 cm³/mol. The molecule has 0 amide bonds. The highest BCUT2D eigenvalue weighted by atomic mass is 32.2. The Labute approximate surface area is 92.6 Å². The number of aliphatic carboxylic acids is 1. The topological polar surface area (TPSA) is 81.1 Å². The van der Waals surface area contributed by atoms with Gasteiger partial charge in [0.1, 0.15) is 6.04 Å². The fraction of sp³-hybridized carbons (Fsp3) is 0.556. The van der Waals surface area contributed by atoms with Crippen LogP contribution in [0.2, 0.25) is 0 Å². The molecule has 6 heteroatoms. The van der Waals surface area contributed by atoms with Crippen molar-refractivity contribution in [2.45, 2.75) is 19.0 Å². The maximum absolute atomic E-state index is 10.4. The minimum Gasteiger partial charge on any atom is -0.480 e. The van der Waals surface area contributed by atoms with Gasteiger partial charge in [-0.2, -0.15) is 16.9 Å². The van der Waals surface area contributed by atoms with E-state index >= 15 is 0 Å². The Balaban J connectivity index is 2.00. The van der Waals surface area contributed by atoms with Crippen LogP contribution in [0.4, 0.5) is 0 Å². The fourth-order valence-electron chi connectivity index (χ4n) is 1.03. The minimum atomic E-state index is -0.928. The van der Waals surface area contributed by atoms with E-state index in [1.807, 2.05) is 16.9 Å². The number of carboxylic acids is 1. The summed E-state index contributed by atoms with van der Waals surface area (Å²) in [5.74, 6) is 0.769. The van der Waals surface area contributed by atoms with Crippen LogP contribution in [0.1, 0.15) is 6.42 Å². The molecule has 1 aromatic heterocycles.